The summed E-state index contributed by atoms with van der Waals surface area (Å²) in [4.78, 5) is 0. The van der Waals surface area contributed by atoms with Crippen LogP contribution in [-0.4, -0.2) is 18.8 Å². The molecule has 0 radical (unpaired) electrons. The van der Waals surface area contributed by atoms with Crippen molar-refractivity contribution in [2.24, 2.45) is 5.73 Å². The summed E-state index contributed by atoms with van der Waals surface area (Å²) in [6.07, 6.45) is 0.922. The Morgan fingerprint density at radius 1 is 1.47 bits per heavy atom. The molecule has 0 spiro atoms. The molecule has 2 N–H and O–H groups in total. The normalized spacial score (nSPS) is 14.6. The van der Waals surface area contributed by atoms with Gasteiger partial charge in [-0.15, -0.1) is 0 Å². The number of rotatable bonds is 4. The van der Waals surface area contributed by atoms with Crippen LogP contribution in [0.25, 0.3) is 0 Å². The van der Waals surface area contributed by atoms with E-state index in [0.29, 0.717) is 13.2 Å². The van der Waals surface area contributed by atoms with Gasteiger partial charge in [-0.05, 0) is 31.5 Å². The molecule has 94 valence electrons. The molecule has 1 aliphatic rings. The minimum absolute atomic E-state index is 0.317. The van der Waals surface area contributed by atoms with E-state index in [0.717, 1.165) is 29.4 Å². The number of hydrogen-bond donors (Lipinski definition) is 1. The predicted octanol–water partition coefficient (Wildman–Crippen LogP) is 2.53. The molecule has 1 heterocycles. The molecule has 1 aliphatic heterocycles. The van der Waals surface area contributed by atoms with Crippen LogP contribution in [0.4, 0.5) is 0 Å². The zero-order valence-electron chi connectivity index (χ0n) is 10.3. The lowest BCUT2D eigenvalue weighted by atomic mass is 10.1. The Kier molecular flexibility index (Phi) is 3.61. The fourth-order valence-electron chi connectivity index (χ4n) is 1.88. The molecular formula is C13H18ClNO2. The molecule has 2 rings (SSSR count). The van der Waals surface area contributed by atoms with Gasteiger partial charge < -0.3 is 15.2 Å². The highest BCUT2D eigenvalue weighted by Crippen LogP contribution is 2.33. The molecule has 0 saturated carbocycles. The summed E-state index contributed by atoms with van der Waals surface area (Å²) in [5, 5.41) is 0.736. The van der Waals surface area contributed by atoms with E-state index < -0.39 is 0 Å². The number of halogens is 1. The molecule has 0 aliphatic carbocycles. The average molecular weight is 256 g/mol. The van der Waals surface area contributed by atoms with Gasteiger partial charge in [0.15, 0.2) is 0 Å². The molecule has 0 saturated heterocycles. The fraction of sp³-hybridized carbons (Fsp3) is 0.538. The van der Waals surface area contributed by atoms with Crippen LogP contribution in [0, 0.1) is 0 Å². The summed E-state index contributed by atoms with van der Waals surface area (Å²) in [6.45, 7) is 5.60. The monoisotopic (exact) mass is 255 g/mol. The van der Waals surface area contributed by atoms with Crippen molar-refractivity contribution in [2.75, 3.05) is 13.2 Å². The first-order valence-corrected chi connectivity index (χ1v) is 6.14. The second kappa shape index (κ2) is 4.84. The fourth-order valence-corrected chi connectivity index (χ4v) is 2.14. The first kappa shape index (κ1) is 12.7. The van der Waals surface area contributed by atoms with E-state index in [4.69, 9.17) is 26.8 Å². The molecule has 17 heavy (non-hydrogen) atoms. The Balaban J connectivity index is 2.06. The third-order valence-electron chi connectivity index (χ3n) is 2.56. The lowest BCUT2D eigenvalue weighted by Crippen LogP contribution is -2.37. The Labute approximate surface area is 107 Å². The van der Waals surface area contributed by atoms with Crippen LogP contribution < -0.4 is 10.5 Å². The van der Waals surface area contributed by atoms with Gasteiger partial charge in [-0.3, -0.25) is 0 Å². The Bertz CT molecular complexity index is 413. The van der Waals surface area contributed by atoms with Crippen LogP contribution in [0.15, 0.2) is 12.1 Å². The molecule has 4 heteroatoms. The van der Waals surface area contributed by atoms with Crippen LogP contribution in [-0.2, 0) is 17.8 Å². The van der Waals surface area contributed by atoms with Gasteiger partial charge in [-0.25, -0.2) is 0 Å². The van der Waals surface area contributed by atoms with E-state index in [1.54, 1.807) is 0 Å². The van der Waals surface area contributed by atoms with Crippen molar-refractivity contribution in [2.45, 2.75) is 32.4 Å². The highest BCUT2D eigenvalue weighted by atomic mass is 35.5. The summed E-state index contributed by atoms with van der Waals surface area (Å²) >= 11 is 6.06. The van der Waals surface area contributed by atoms with E-state index in [9.17, 15) is 0 Å². The molecule has 0 aromatic heterocycles. The SMILES string of the molecule is CC(C)(N)COCc1cc(Cl)cc2c1OCC2. The van der Waals surface area contributed by atoms with Crippen molar-refractivity contribution in [3.8, 4) is 5.75 Å². The number of ether oxygens (including phenoxy) is 2. The van der Waals surface area contributed by atoms with Gasteiger partial charge in [0.25, 0.3) is 0 Å². The molecule has 1 aromatic carbocycles. The van der Waals surface area contributed by atoms with Gasteiger partial charge in [0.05, 0.1) is 19.8 Å². The highest BCUT2D eigenvalue weighted by Gasteiger charge is 2.18. The lowest BCUT2D eigenvalue weighted by Gasteiger charge is -2.18. The quantitative estimate of drug-likeness (QED) is 0.899. The standard InChI is InChI=1S/C13H18ClNO2/c1-13(2,15)8-16-7-10-6-11(14)5-9-3-4-17-12(9)10/h5-6H,3-4,7-8,15H2,1-2H3. The smallest absolute Gasteiger partial charge is 0.128 e. The van der Waals surface area contributed by atoms with Crippen molar-refractivity contribution in [3.05, 3.63) is 28.3 Å². The predicted molar refractivity (Wildman–Crippen MR) is 68.6 cm³/mol. The molecule has 0 unspecified atom stereocenters. The van der Waals surface area contributed by atoms with Gasteiger partial charge >= 0.3 is 0 Å². The van der Waals surface area contributed by atoms with Gasteiger partial charge in [0, 0.05) is 22.5 Å². The van der Waals surface area contributed by atoms with Gasteiger partial charge in [-0.2, -0.15) is 0 Å². The Morgan fingerprint density at radius 3 is 2.94 bits per heavy atom. The third kappa shape index (κ3) is 3.35. The van der Waals surface area contributed by atoms with Gasteiger partial charge in [0.2, 0.25) is 0 Å². The molecular weight excluding hydrogens is 238 g/mol. The third-order valence-corrected chi connectivity index (χ3v) is 2.78. The van der Waals surface area contributed by atoms with Gasteiger partial charge in [0.1, 0.15) is 5.75 Å². The number of benzene rings is 1. The number of hydrogen-bond acceptors (Lipinski definition) is 3. The zero-order valence-corrected chi connectivity index (χ0v) is 11.0. The summed E-state index contributed by atoms with van der Waals surface area (Å²) < 4.78 is 11.2. The van der Waals surface area contributed by atoms with E-state index in [1.165, 1.54) is 5.56 Å². The number of nitrogens with two attached hydrogens (primary N) is 1. The molecule has 1 aromatic rings. The maximum atomic E-state index is 6.06. The Hall–Kier alpha value is -0.770. The van der Waals surface area contributed by atoms with Crippen LogP contribution >= 0.6 is 11.6 Å². The number of fused-ring (bicyclic) bond motifs is 1. The summed E-state index contributed by atoms with van der Waals surface area (Å²) in [5.74, 6) is 0.934. The van der Waals surface area contributed by atoms with Crippen molar-refractivity contribution in [1.29, 1.82) is 0 Å². The van der Waals surface area contributed by atoms with Crippen molar-refractivity contribution in [3.63, 3.8) is 0 Å². The summed E-state index contributed by atoms with van der Waals surface area (Å²) in [5.41, 5.74) is 7.72. The molecule has 3 nitrogen and oxygen atoms in total. The first-order chi connectivity index (χ1) is 7.96. The second-order valence-electron chi connectivity index (χ2n) is 5.13. The maximum absolute atomic E-state index is 6.06. The largest absolute Gasteiger partial charge is 0.493 e. The highest BCUT2D eigenvalue weighted by molar-refractivity contribution is 6.30. The van der Waals surface area contributed by atoms with Crippen molar-refractivity contribution < 1.29 is 9.47 Å². The lowest BCUT2D eigenvalue weighted by molar-refractivity contribution is 0.0836. The molecule has 0 atom stereocenters. The Morgan fingerprint density at radius 2 is 2.24 bits per heavy atom. The molecule has 0 fully saturated rings. The molecule has 0 amide bonds. The summed E-state index contributed by atoms with van der Waals surface area (Å²) in [7, 11) is 0. The van der Waals surface area contributed by atoms with Crippen LogP contribution in [0.3, 0.4) is 0 Å². The minimum Gasteiger partial charge on any atom is -0.493 e. The zero-order chi connectivity index (χ0) is 12.5. The topological polar surface area (TPSA) is 44.5 Å². The minimum atomic E-state index is -0.317. The van der Waals surface area contributed by atoms with E-state index >= 15 is 0 Å². The van der Waals surface area contributed by atoms with Crippen molar-refractivity contribution in [1.82, 2.24) is 0 Å². The molecule has 0 bridgehead atoms. The maximum Gasteiger partial charge on any atom is 0.128 e. The van der Waals surface area contributed by atoms with Crippen LogP contribution in [0.1, 0.15) is 25.0 Å². The van der Waals surface area contributed by atoms with E-state index in [2.05, 4.69) is 0 Å². The van der Waals surface area contributed by atoms with Crippen molar-refractivity contribution >= 4 is 11.6 Å². The summed E-state index contributed by atoms with van der Waals surface area (Å²) in [6, 6.07) is 3.86. The van der Waals surface area contributed by atoms with Gasteiger partial charge in [-0.1, -0.05) is 11.6 Å². The second-order valence-corrected chi connectivity index (χ2v) is 5.57. The van der Waals surface area contributed by atoms with E-state index in [1.807, 2.05) is 26.0 Å². The average Bonchev–Trinajstić information content (AvgIpc) is 2.63. The first-order valence-electron chi connectivity index (χ1n) is 5.76. The van der Waals surface area contributed by atoms with Crippen LogP contribution in [0.5, 0.6) is 5.75 Å². The van der Waals surface area contributed by atoms with Crippen LogP contribution in [0.2, 0.25) is 5.02 Å². The van der Waals surface area contributed by atoms with E-state index in [-0.39, 0.29) is 5.54 Å².